The van der Waals surface area contributed by atoms with Gasteiger partial charge in [-0.3, -0.25) is 4.90 Å². The number of hydrogen-bond donors (Lipinski definition) is 0. The number of carbonyl (C=O) groups excluding carboxylic acids is 1. The van der Waals surface area contributed by atoms with Gasteiger partial charge in [0, 0.05) is 8.65 Å². The van der Waals surface area contributed by atoms with Gasteiger partial charge in [0.2, 0.25) is 0 Å². The lowest BCUT2D eigenvalue weighted by Gasteiger charge is -2.49. The first kappa shape index (κ1) is 12.3. The van der Waals surface area contributed by atoms with E-state index in [0.29, 0.717) is 12.1 Å². The average Bonchev–Trinajstić information content (AvgIpc) is 2.96. The minimum atomic E-state index is -0.161. The zero-order valence-corrected chi connectivity index (χ0v) is 13.1. The first-order valence-corrected chi connectivity index (χ1v) is 7.83. The van der Waals surface area contributed by atoms with E-state index in [9.17, 15) is 4.79 Å². The number of hydrogen-bond acceptors (Lipinski definition) is 2. The fourth-order valence-electron chi connectivity index (χ4n) is 3.67. The highest BCUT2D eigenvalue weighted by atomic mass is 79.9. The van der Waals surface area contributed by atoms with Crippen molar-refractivity contribution < 1.29 is 9.53 Å². The maximum atomic E-state index is 11.6. The molecule has 96 valence electrons. The van der Waals surface area contributed by atoms with Crippen LogP contribution >= 0.6 is 31.9 Å². The Hall–Kier alpha value is 0.230. The van der Waals surface area contributed by atoms with Crippen molar-refractivity contribution in [3.05, 3.63) is 0 Å². The van der Waals surface area contributed by atoms with Gasteiger partial charge >= 0.3 is 6.09 Å². The summed E-state index contributed by atoms with van der Waals surface area (Å²) in [6.45, 7) is 0. The molecule has 1 heterocycles. The number of rotatable bonds is 0. The van der Waals surface area contributed by atoms with Crippen molar-refractivity contribution in [3.63, 3.8) is 0 Å². The van der Waals surface area contributed by atoms with E-state index >= 15 is 0 Å². The molecule has 3 aliphatic rings. The third kappa shape index (κ3) is 1.68. The van der Waals surface area contributed by atoms with Gasteiger partial charge in [-0.05, 0) is 25.7 Å². The van der Waals surface area contributed by atoms with Crippen LogP contribution in [0.2, 0.25) is 0 Å². The molecule has 3 fully saturated rings. The zero-order chi connectivity index (χ0) is 12.3. The van der Waals surface area contributed by atoms with Gasteiger partial charge in [0.1, 0.15) is 0 Å². The number of carbonyl (C=O) groups is 1. The van der Waals surface area contributed by atoms with E-state index in [2.05, 4.69) is 31.9 Å². The Morgan fingerprint density at radius 1 is 1.18 bits per heavy atom. The largest absolute Gasteiger partial charge is 0.453 e. The number of fused-ring (bicyclic) bond motifs is 2. The van der Waals surface area contributed by atoms with Crippen molar-refractivity contribution >= 4 is 38.0 Å². The topological polar surface area (TPSA) is 29.3 Å². The summed E-state index contributed by atoms with van der Waals surface area (Å²) in [5.74, 6) is 0. The Kier molecular flexibility index (Phi) is 2.79. The van der Waals surface area contributed by atoms with Crippen LogP contribution in [0.25, 0.3) is 0 Å². The minimum Gasteiger partial charge on any atom is -0.453 e. The first-order chi connectivity index (χ1) is 8.01. The average molecular weight is 367 g/mol. The SMILES string of the molecule is COC(=O)N1[C@@H]2C[C@]3(Br)CCCC[C@]3(Br)C[C@H]21. The molecule has 0 spiro atoms. The summed E-state index contributed by atoms with van der Waals surface area (Å²) < 4.78 is 5.18. The molecule has 1 amide bonds. The predicted octanol–water partition coefficient (Wildman–Crippen LogP) is 3.44. The van der Waals surface area contributed by atoms with Crippen LogP contribution in [0.4, 0.5) is 4.79 Å². The van der Waals surface area contributed by atoms with Crippen molar-refractivity contribution in [1.29, 1.82) is 0 Å². The summed E-state index contributed by atoms with van der Waals surface area (Å²) >= 11 is 7.94. The van der Waals surface area contributed by atoms with Gasteiger partial charge in [0.15, 0.2) is 0 Å². The van der Waals surface area contributed by atoms with Gasteiger partial charge in [-0.1, -0.05) is 44.7 Å². The maximum absolute atomic E-state index is 11.6. The molecule has 2 saturated carbocycles. The standard InChI is InChI=1S/C12H17Br2NO2/c1-17-10(16)15-8-6-11(13)4-2-3-5-12(11,14)7-9(8)15/h8-9H,2-7H2,1H3/t8-,9-,11-,12+,15?/m1/s1. The maximum Gasteiger partial charge on any atom is 0.410 e. The second-order valence-corrected chi connectivity index (χ2v) is 8.59. The number of ether oxygens (including phenoxy) is 1. The first-order valence-electron chi connectivity index (χ1n) is 6.25. The Balaban J connectivity index is 1.81. The Bertz CT molecular complexity index is 338. The predicted molar refractivity (Wildman–Crippen MR) is 72.8 cm³/mol. The van der Waals surface area contributed by atoms with Crippen molar-refractivity contribution in [1.82, 2.24) is 4.90 Å². The van der Waals surface area contributed by atoms with Crippen LogP contribution in [0.15, 0.2) is 0 Å². The van der Waals surface area contributed by atoms with Gasteiger partial charge in [0.25, 0.3) is 0 Å². The molecule has 0 aromatic carbocycles. The van der Waals surface area contributed by atoms with Crippen LogP contribution in [0.5, 0.6) is 0 Å². The number of amides is 1. The highest BCUT2D eigenvalue weighted by Gasteiger charge is 2.66. The molecule has 5 heteroatoms. The molecule has 4 atom stereocenters. The lowest BCUT2D eigenvalue weighted by Crippen LogP contribution is -2.51. The number of alkyl halides is 2. The Morgan fingerprint density at radius 3 is 2.06 bits per heavy atom. The molecule has 0 aromatic rings. The quantitative estimate of drug-likeness (QED) is 0.485. The van der Waals surface area contributed by atoms with Crippen LogP contribution in [0, 0.1) is 0 Å². The molecule has 0 bridgehead atoms. The number of methoxy groups -OCH3 is 1. The zero-order valence-electron chi connectivity index (χ0n) is 9.92. The fraction of sp³-hybridized carbons (Fsp3) is 0.917. The summed E-state index contributed by atoms with van der Waals surface area (Å²) in [7, 11) is 1.47. The summed E-state index contributed by atoms with van der Waals surface area (Å²) in [5.41, 5.74) is 0. The van der Waals surface area contributed by atoms with E-state index in [0.717, 1.165) is 12.8 Å². The molecule has 0 radical (unpaired) electrons. The van der Waals surface area contributed by atoms with Crippen molar-refractivity contribution in [2.45, 2.75) is 59.3 Å². The van der Waals surface area contributed by atoms with Gasteiger partial charge in [0.05, 0.1) is 19.2 Å². The van der Waals surface area contributed by atoms with Crippen molar-refractivity contribution in [2.24, 2.45) is 0 Å². The van der Waals surface area contributed by atoms with Gasteiger partial charge < -0.3 is 4.74 Å². The van der Waals surface area contributed by atoms with E-state index in [4.69, 9.17) is 4.74 Å². The van der Waals surface area contributed by atoms with Crippen LogP contribution in [-0.2, 0) is 4.74 Å². The molecular weight excluding hydrogens is 350 g/mol. The normalized spacial score (nSPS) is 48.1. The number of nitrogens with zero attached hydrogens (tertiary/aromatic N) is 1. The lowest BCUT2D eigenvalue weighted by atomic mass is 9.70. The second kappa shape index (κ2) is 3.86. The summed E-state index contributed by atoms with van der Waals surface area (Å²) in [4.78, 5) is 13.5. The van der Waals surface area contributed by atoms with Gasteiger partial charge in [-0.2, -0.15) is 0 Å². The molecule has 1 saturated heterocycles. The molecule has 0 aromatic heterocycles. The van der Waals surface area contributed by atoms with Gasteiger partial charge in [-0.15, -0.1) is 0 Å². The molecule has 3 nitrogen and oxygen atoms in total. The second-order valence-electron chi connectivity index (χ2n) is 5.56. The Labute approximate surface area is 119 Å². The minimum absolute atomic E-state index is 0.161. The lowest BCUT2D eigenvalue weighted by molar-refractivity contribution is 0.150. The third-order valence-corrected chi connectivity index (χ3v) is 8.21. The Morgan fingerprint density at radius 2 is 1.65 bits per heavy atom. The van der Waals surface area contributed by atoms with E-state index in [1.807, 2.05) is 4.90 Å². The molecule has 0 N–H and O–H groups in total. The number of halogens is 2. The third-order valence-electron chi connectivity index (χ3n) is 4.72. The summed E-state index contributed by atoms with van der Waals surface area (Å²) in [5, 5.41) is 0. The molecule has 17 heavy (non-hydrogen) atoms. The molecule has 0 unspecified atom stereocenters. The highest BCUT2D eigenvalue weighted by molar-refractivity contribution is 9.13. The smallest absolute Gasteiger partial charge is 0.410 e. The monoisotopic (exact) mass is 365 g/mol. The molecule has 3 rings (SSSR count). The van der Waals surface area contributed by atoms with Gasteiger partial charge in [-0.25, -0.2) is 4.79 Å². The van der Waals surface area contributed by atoms with Crippen molar-refractivity contribution in [3.8, 4) is 0 Å². The van der Waals surface area contributed by atoms with Crippen LogP contribution in [0.1, 0.15) is 38.5 Å². The van der Waals surface area contributed by atoms with Crippen LogP contribution in [-0.4, -0.2) is 38.8 Å². The van der Waals surface area contributed by atoms with E-state index < -0.39 is 0 Å². The van der Waals surface area contributed by atoms with Crippen LogP contribution in [0.3, 0.4) is 0 Å². The van der Waals surface area contributed by atoms with E-state index in [1.54, 1.807) is 0 Å². The van der Waals surface area contributed by atoms with Crippen LogP contribution < -0.4 is 0 Å². The van der Waals surface area contributed by atoms with Crippen molar-refractivity contribution in [2.75, 3.05) is 7.11 Å². The number of likely N-dealkylation sites (tertiary alicyclic amines) is 1. The molecule has 2 aliphatic carbocycles. The van der Waals surface area contributed by atoms with E-state index in [1.165, 1.54) is 32.8 Å². The van der Waals surface area contributed by atoms with E-state index in [-0.39, 0.29) is 14.7 Å². The molecule has 1 aliphatic heterocycles. The highest BCUT2D eigenvalue weighted by Crippen LogP contribution is 2.62. The fourth-order valence-corrected chi connectivity index (χ4v) is 5.62. The summed E-state index contributed by atoms with van der Waals surface area (Å²) in [6.07, 6.45) is 6.93. The summed E-state index contributed by atoms with van der Waals surface area (Å²) in [6, 6.07) is 0.788. The molecular formula is C12H17Br2NO2.